The van der Waals surface area contributed by atoms with Crippen molar-refractivity contribution in [3.8, 4) is 24.1 Å². The molecule has 0 radical (unpaired) electrons. The van der Waals surface area contributed by atoms with Crippen LogP contribution in [-0.2, 0) is 0 Å². The molecule has 22 heavy (non-hydrogen) atoms. The molecule has 0 atom stereocenters. The fraction of sp³-hybridized carbons (Fsp3) is 0.400. The molecule has 7 heteroatoms. The lowest BCUT2D eigenvalue weighted by Gasteiger charge is -2.36. The Morgan fingerprint density at radius 2 is 1.77 bits per heavy atom. The number of amides is 1. The highest BCUT2D eigenvalue weighted by Gasteiger charge is 2.24. The lowest BCUT2D eigenvalue weighted by Crippen LogP contribution is -2.49. The number of hydrogen-bond acceptors (Lipinski definition) is 5. The number of rotatable bonds is 4. The van der Waals surface area contributed by atoms with Crippen LogP contribution in [0.5, 0.6) is 11.8 Å². The zero-order valence-corrected chi connectivity index (χ0v) is 12.2. The fourth-order valence-electron chi connectivity index (χ4n) is 2.21. The van der Waals surface area contributed by atoms with Gasteiger partial charge in [0.1, 0.15) is 0 Å². The van der Waals surface area contributed by atoms with Crippen LogP contribution < -0.4 is 4.84 Å². The van der Waals surface area contributed by atoms with E-state index in [1.165, 1.54) is 17.0 Å². The molecule has 7 nitrogen and oxygen atoms in total. The van der Waals surface area contributed by atoms with E-state index in [0.717, 1.165) is 12.1 Å². The van der Waals surface area contributed by atoms with E-state index < -0.39 is 6.09 Å². The van der Waals surface area contributed by atoms with Crippen molar-refractivity contribution in [1.29, 1.82) is 0 Å². The van der Waals surface area contributed by atoms with Crippen LogP contribution in [0, 0.1) is 12.3 Å². The highest BCUT2D eigenvalue weighted by Crippen LogP contribution is 2.19. The average Bonchev–Trinajstić information content (AvgIpc) is 2.84. The van der Waals surface area contributed by atoms with Crippen molar-refractivity contribution in [1.82, 2.24) is 14.5 Å². The van der Waals surface area contributed by atoms with Crippen molar-refractivity contribution in [3.05, 3.63) is 24.4 Å². The minimum Gasteiger partial charge on any atom is -0.492 e. The topological polar surface area (TPSA) is 78.2 Å². The average molecular weight is 305 g/mol. The zero-order chi connectivity index (χ0) is 16.1. The van der Waals surface area contributed by atoms with Gasteiger partial charge in [0.05, 0.1) is 0 Å². The van der Waals surface area contributed by atoms with Gasteiger partial charge in [-0.2, -0.15) is 0 Å². The summed E-state index contributed by atoms with van der Waals surface area (Å²) < 4.78 is 0.681. The molecule has 0 aliphatic carbocycles. The Bertz CT molecular complexity index is 575. The van der Waals surface area contributed by atoms with Crippen molar-refractivity contribution in [2.24, 2.45) is 0 Å². The second kappa shape index (κ2) is 6.80. The SMILES string of the molecule is C#CCCC(=C)N1CCN(C(=O)On2c(O)ccc2O)CC1. The molecular weight excluding hydrogens is 286 g/mol. The monoisotopic (exact) mass is 305 g/mol. The van der Waals surface area contributed by atoms with Crippen molar-refractivity contribution >= 4 is 6.09 Å². The highest BCUT2D eigenvalue weighted by atomic mass is 16.7. The summed E-state index contributed by atoms with van der Waals surface area (Å²) >= 11 is 0. The fourth-order valence-corrected chi connectivity index (χ4v) is 2.21. The molecule has 1 aromatic heterocycles. The Balaban J connectivity index is 1.85. The van der Waals surface area contributed by atoms with Gasteiger partial charge in [-0.1, -0.05) is 6.58 Å². The van der Waals surface area contributed by atoms with Gasteiger partial charge in [0, 0.05) is 50.4 Å². The first kappa shape index (κ1) is 15.6. The number of nitrogens with zero attached hydrogens (tertiary/aromatic N) is 3. The normalized spacial score (nSPS) is 14.5. The number of piperazine rings is 1. The maximum absolute atomic E-state index is 12.0. The number of hydrogen-bond donors (Lipinski definition) is 2. The summed E-state index contributed by atoms with van der Waals surface area (Å²) in [6, 6.07) is 2.46. The number of carbonyl (C=O) groups is 1. The summed E-state index contributed by atoms with van der Waals surface area (Å²) in [4.78, 5) is 20.6. The van der Waals surface area contributed by atoms with Crippen molar-refractivity contribution in [2.45, 2.75) is 12.8 Å². The largest absolute Gasteiger partial charge is 0.492 e. The molecule has 0 bridgehead atoms. The lowest BCUT2D eigenvalue weighted by molar-refractivity contribution is 0.0609. The van der Waals surface area contributed by atoms with Crippen LogP contribution in [0.15, 0.2) is 24.4 Å². The van der Waals surface area contributed by atoms with Gasteiger partial charge in [-0.3, -0.25) is 0 Å². The molecule has 2 heterocycles. The Morgan fingerprint density at radius 3 is 2.32 bits per heavy atom. The number of allylic oxidation sites excluding steroid dienone is 1. The molecule has 2 rings (SSSR count). The number of terminal acetylenes is 1. The third kappa shape index (κ3) is 3.47. The lowest BCUT2D eigenvalue weighted by atomic mass is 10.2. The van der Waals surface area contributed by atoms with Gasteiger partial charge in [0.25, 0.3) is 0 Å². The first-order valence-electron chi connectivity index (χ1n) is 6.96. The minimum absolute atomic E-state index is 0.341. The summed E-state index contributed by atoms with van der Waals surface area (Å²) in [6.07, 6.45) is 5.99. The Kier molecular flexibility index (Phi) is 4.84. The molecule has 1 fully saturated rings. The highest BCUT2D eigenvalue weighted by molar-refractivity contribution is 5.68. The second-order valence-corrected chi connectivity index (χ2v) is 4.95. The van der Waals surface area contributed by atoms with E-state index in [9.17, 15) is 15.0 Å². The minimum atomic E-state index is -0.629. The van der Waals surface area contributed by atoms with E-state index >= 15 is 0 Å². The quantitative estimate of drug-likeness (QED) is 0.811. The standard InChI is InChI=1S/C15H19N3O4/c1-3-4-5-12(2)16-8-10-17(11-9-16)15(21)22-18-13(19)6-7-14(18)20/h1,6-7,19-20H,2,4-5,8-11H2. The van der Waals surface area contributed by atoms with Crippen LogP contribution in [0.4, 0.5) is 4.79 Å². The van der Waals surface area contributed by atoms with Crippen molar-refractivity contribution < 1.29 is 19.8 Å². The smallest absolute Gasteiger partial charge is 0.434 e. The molecule has 1 saturated heterocycles. The molecule has 118 valence electrons. The summed E-state index contributed by atoms with van der Waals surface area (Å²) in [5.41, 5.74) is 0.965. The molecule has 0 spiro atoms. The van der Waals surface area contributed by atoms with Crippen molar-refractivity contribution in [3.63, 3.8) is 0 Å². The van der Waals surface area contributed by atoms with E-state index in [-0.39, 0.29) is 11.8 Å². The molecule has 0 unspecified atom stereocenters. The van der Waals surface area contributed by atoms with Gasteiger partial charge in [0.2, 0.25) is 11.8 Å². The molecule has 1 aliphatic rings. The van der Waals surface area contributed by atoms with Crippen molar-refractivity contribution in [2.75, 3.05) is 26.2 Å². The molecule has 2 N–H and O–H groups in total. The zero-order valence-electron chi connectivity index (χ0n) is 12.2. The molecule has 1 aromatic rings. The van der Waals surface area contributed by atoms with Gasteiger partial charge in [-0.15, -0.1) is 17.1 Å². The van der Waals surface area contributed by atoms with E-state index in [2.05, 4.69) is 17.4 Å². The summed E-state index contributed by atoms with van der Waals surface area (Å²) in [6.45, 7) is 6.22. The van der Waals surface area contributed by atoms with Gasteiger partial charge in [-0.25, -0.2) is 4.79 Å². The first-order valence-corrected chi connectivity index (χ1v) is 6.96. The van der Waals surface area contributed by atoms with Crippen LogP contribution >= 0.6 is 0 Å². The van der Waals surface area contributed by atoms with Gasteiger partial charge >= 0.3 is 6.09 Å². The maximum Gasteiger partial charge on any atom is 0.434 e. The van der Waals surface area contributed by atoms with Crippen LogP contribution in [0.2, 0.25) is 0 Å². The predicted octanol–water partition coefficient (Wildman–Crippen LogP) is 0.993. The van der Waals surface area contributed by atoms with Crippen LogP contribution in [0.25, 0.3) is 0 Å². The van der Waals surface area contributed by atoms with Gasteiger partial charge in [0.15, 0.2) is 0 Å². The third-order valence-corrected chi connectivity index (χ3v) is 3.51. The molecular formula is C15H19N3O4. The van der Waals surface area contributed by atoms with Gasteiger partial charge < -0.3 is 24.9 Å². The van der Waals surface area contributed by atoms with Crippen LogP contribution in [0.1, 0.15) is 12.8 Å². The Morgan fingerprint density at radius 1 is 1.23 bits per heavy atom. The maximum atomic E-state index is 12.0. The molecule has 0 aromatic carbocycles. The molecule has 0 saturated carbocycles. The van der Waals surface area contributed by atoms with E-state index in [0.29, 0.717) is 37.3 Å². The predicted molar refractivity (Wildman–Crippen MR) is 80.1 cm³/mol. The second-order valence-electron chi connectivity index (χ2n) is 4.95. The third-order valence-electron chi connectivity index (χ3n) is 3.51. The van der Waals surface area contributed by atoms with Crippen LogP contribution in [-0.4, -0.2) is 57.0 Å². The van der Waals surface area contributed by atoms with Gasteiger partial charge in [-0.05, 0) is 6.42 Å². The number of aromatic hydroxyl groups is 2. The first-order chi connectivity index (χ1) is 10.5. The van der Waals surface area contributed by atoms with Crippen LogP contribution in [0.3, 0.4) is 0 Å². The number of aromatic nitrogens is 1. The Hall–Kier alpha value is -2.75. The summed E-state index contributed by atoms with van der Waals surface area (Å²) in [5, 5.41) is 18.9. The number of carbonyl (C=O) groups excluding carboxylic acids is 1. The van der Waals surface area contributed by atoms with E-state index in [4.69, 9.17) is 11.3 Å². The molecule has 1 aliphatic heterocycles. The Labute approximate surface area is 129 Å². The summed E-state index contributed by atoms with van der Waals surface area (Å²) in [5.74, 6) is 1.90. The summed E-state index contributed by atoms with van der Waals surface area (Å²) in [7, 11) is 0. The molecule has 1 amide bonds. The van der Waals surface area contributed by atoms with E-state index in [1.807, 2.05) is 0 Å². The van der Waals surface area contributed by atoms with E-state index in [1.54, 1.807) is 0 Å².